The van der Waals surface area contributed by atoms with E-state index >= 15 is 0 Å². The number of rotatable bonds is 18. The van der Waals surface area contributed by atoms with E-state index in [1.165, 1.54) is 5.56 Å². The lowest BCUT2D eigenvalue weighted by Gasteiger charge is -2.13. The number of amides is 1. The van der Waals surface area contributed by atoms with E-state index in [1.807, 2.05) is 42.9 Å². The molecule has 0 aliphatic rings. The smallest absolute Gasteiger partial charge is 0.248 e. The molecule has 0 spiro atoms. The largest absolute Gasteiger partial charge is 0.611 e. The molecule has 1 heterocycles. The summed E-state index contributed by atoms with van der Waals surface area (Å²) in [6.45, 7) is 11.4. The second kappa shape index (κ2) is 18.3. The first kappa shape index (κ1) is 35.0. The molecule has 0 aliphatic carbocycles. The van der Waals surface area contributed by atoms with Crippen molar-refractivity contribution in [2.45, 2.75) is 70.7 Å². The van der Waals surface area contributed by atoms with Crippen LogP contribution in [0.3, 0.4) is 0 Å². The third kappa shape index (κ3) is 10.6. The lowest BCUT2D eigenvalue weighted by Crippen LogP contribution is -2.12. The van der Waals surface area contributed by atoms with Crippen LogP contribution in [-0.2, 0) is 33.7 Å². The van der Waals surface area contributed by atoms with Crippen LogP contribution in [0.4, 0.5) is 5.69 Å². The summed E-state index contributed by atoms with van der Waals surface area (Å²) >= 11 is -1.14. The summed E-state index contributed by atoms with van der Waals surface area (Å²) < 4.78 is 26.4. The highest BCUT2D eigenvalue weighted by Crippen LogP contribution is 2.29. The van der Waals surface area contributed by atoms with Gasteiger partial charge in [-0.05, 0) is 101 Å². The number of carbonyl (C=O) groups excluding carboxylic acids is 1. The van der Waals surface area contributed by atoms with Crippen molar-refractivity contribution in [2.75, 3.05) is 30.9 Å². The number of hydrogen-bond acceptors (Lipinski definition) is 5. The molecule has 1 atom stereocenters. The summed E-state index contributed by atoms with van der Waals surface area (Å²) in [7, 11) is 0. The molecule has 4 aromatic rings. The normalized spacial score (nSPS) is 12.1. The van der Waals surface area contributed by atoms with E-state index in [2.05, 4.69) is 72.9 Å². The number of nitrogens with one attached hydrogen (secondary N) is 1. The van der Waals surface area contributed by atoms with Crippen molar-refractivity contribution in [2.24, 2.45) is 0 Å². The number of anilines is 1. The van der Waals surface area contributed by atoms with Gasteiger partial charge in [0.1, 0.15) is 18.1 Å². The first-order valence-electron chi connectivity index (χ1n) is 16.3. The van der Waals surface area contributed by atoms with Crippen LogP contribution in [0.25, 0.3) is 17.2 Å². The molecular weight excluding hydrogens is 595 g/mol. The standard InChI is InChI=1S/C38H47N3O4S/c1-5-7-22-44-23-24-45-35-14-8-30(9-15-35)31-10-18-37(29(3)4)32(26-31)11-19-38(42)40-33-12-16-36(17-13-33)46(43)25-20-34-27-39-28-41(34)21-6-2/h8-19,26-29H,5-7,20-25H2,1-4H3,(H,40,42)/b19-11+/t46-/m0/s1. The van der Waals surface area contributed by atoms with Gasteiger partial charge in [0.05, 0.1) is 12.9 Å². The minimum atomic E-state index is -1.14. The summed E-state index contributed by atoms with van der Waals surface area (Å²) in [5, 5.41) is 2.93. The van der Waals surface area contributed by atoms with Crippen LogP contribution in [0.5, 0.6) is 5.75 Å². The van der Waals surface area contributed by atoms with Gasteiger partial charge >= 0.3 is 0 Å². The molecule has 8 heteroatoms. The van der Waals surface area contributed by atoms with Crippen molar-refractivity contribution < 1.29 is 18.8 Å². The predicted octanol–water partition coefficient (Wildman–Crippen LogP) is 8.28. The summed E-state index contributed by atoms with van der Waals surface area (Å²) in [5.74, 6) is 1.41. The number of unbranched alkanes of at least 4 members (excludes halogenated alkanes) is 1. The molecule has 0 unspecified atom stereocenters. The molecule has 1 N–H and O–H groups in total. The fraction of sp³-hybridized carbons (Fsp3) is 0.368. The third-order valence-corrected chi connectivity index (χ3v) is 9.01. The zero-order valence-electron chi connectivity index (χ0n) is 27.5. The molecule has 0 fully saturated rings. The number of hydrogen-bond donors (Lipinski definition) is 1. The van der Waals surface area contributed by atoms with Gasteiger partial charge in [-0.3, -0.25) is 4.79 Å². The van der Waals surface area contributed by atoms with Gasteiger partial charge in [-0.1, -0.05) is 58.4 Å². The summed E-state index contributed by atoms with van der Waals surface area (Å²) in [6.07, 6.45) is 11.0. The van der Waals surface area contributed by atoms with Crippen molar-refractivity contribution in [1.82, 2.24) is 9.55 Å². The zero-order valence-corrected chi connectivity index (χ0v) is 28.4. The van der Waals surface area contributed by atoms with Gasteiger partial charge in [-0.15, -0.1) is 0 Å². The van der Waals surface area contributed by atoms with E-state index in [4.69, 9.17) is 9.47 Å². The van der Waals surface area contributed by atoms with Gasteiger partial charge in [-0.25, -0.2) is 4.98 Å². The number of imidazole rings is 1. The average Bonchev–Trinajstić information content (AvgIpc) is 3.51. The van der Waals surface area contributed by atoms with Crippen LogP contribution in [0.1, 0.15) is 69.7 Å². The van der Waals surface area contributed by atoms with Crippen molar-refractivity contribution in [3.63, 3.8) is 0 Å². The monoisotopic (exact) mass is 641 g/mol. The number of aryl methyl sites for hydroxylation is 2. The minimum absolute atomic E-state index is 0.224. The SMILES string of the molecule is CCCCOCCOc1ccc(-c2ccc(C(C)C)c(/C=C/C(=O)Nc3ccc([S@@+]([O-])CCc4cncn4CCC)cc3)c2)cc1. The number of carbonyl (C=O) groups is 1. The molecule has 0 aliphatic heterocycles. The topological polar surface area (TPSA) is 88.4 Å². The van der Waals surface area contributed by atoms with Gasteiger partial charge in [-0.2, -0.15) is 0 Å². The molecule has 1 aromatic heterocycles. The van der Waals surface area contributed by atoms with Gasteiger partial charge in [0.2, 0.25) is 5.91 Å². The van der Waals surface area contributed by atoms with Gasteiger partial charge < -0.3 is 23.9 Å². The van der Waals surface area contributed by atoms with Crippen LogP contribution in [-0.4, -0.2) is 45.6 Å². The second-order valence-electron chi connectivity index (χ2n) is 11.6. The molecular formula is C38H47N3O4S. The number of nitrogens with zero attached hydrogens (tertiary/aromatic N) is 2. The highest BCUT2D eigenvalue weighted by molar-refractivity contribution is 7.91. The Morgan fingerprint density at radius 1 is 0.978 bits per heavy atom. The first-order valence-corrected chi connectivity index (χ1v) is 17.6. The molecule has 1 amide bonds. The van der Waals surface area contributed by atoms with E-state index in [0.29, 0.717) is 37.0 Å². The average molecular weight is 642 g/mol. The molecule has 0 radical (unpaired) electrons. The maximum Gasteiger partial charge on any atom is 0.248 e. The van der Waals surface area contributed by atoms with Crippen molar-refractivity contribution in [3.05, 3.63) is 102 Å². The van der Waals surface area contributed by atoms with E-state index in [1.54, 1.807) is 18.2 Å². The Kier molecular flexibility index (Phi) is 14.0. The molecule has 0 saturated carbocycles. The van der Waals surface area contributed by atoms with Crippen LogP contribution in [0, 0.1) is 0 Å². The molecule has 46 heavy (non-hydrogen) atoms. The van der Waals surface area contributed by atoms with Crippen molar-refractivity contribution in [1.29, 1.82) is 0 Å². The van der Waals surface area contributed by atoms with Gasteiger partial charge in [0, 0.05) is 43.2 Å². The van der Waals surface area contributed by atoms with E-state index in [0.717, 1.165) is 65.4 Å². The van der Waals surface area contributed by atoms with E-state index in [9.17, 15) is 9.35 Å². The van der Waals surface area contributed by atoms with Gasteiger partial charge in [0.25, 0.3) is 0 Å². The third-order valence-electron chi connectivity index (χ3n) is 7.64. The molecule has 0 saturated heterocycles. The fourth-order valence-electron chi connectivity index (χ4n) is 5.09. The van der Waals surface area contributed by atoms with E-state index in [-0.39, 0.29) is 5.91 Å². The highest BCUT2D eigenvalue weighted by Gasteiger charge is 2.14. The minimum Gasteiger partial charge on any atom is -0.611 e. The summed E-state index contributed by atoms with van der Waals surface area (Å²) in [6, 6.07) is 21.7. The quantitative estimate of drug-likeness (QED) is 0.0671. The fourth-order valence-corrected chi connectivity index (χ4v) is 6.16. The van der Waals surface area contributed by atoms with Crippen LogP contribution >= 0.6 is 0 Å². The van der Waals surface area contributed by atoms with Gasteiger partial charge in [0.15, 0.2) is 4.90 Å². The molecule has 0 bridgehead atoms. The zero-order chi connectivity index (χ0) is 32.7. The molecule has 3 aromatic carbocycles. The summed E-state index contributed by atoms with van der Waals surface area (Å²) in [4.78, 5) is 17.8. The first-order chi connectivity index (χ1) is 22.4. The Morgan fingerprint density at radius 3 is 2.46 bits per heavy atom. The lowest BCUT2D eigenvalue weighted by atomic mass is 9.93. The number of ether oxygens (including phenoxy) is 2. The van der Waals surface area contributed by atoms with Crippen molar-refractivity contribution in [3.8, 4) is 16.9 Å². The van der Waals surface area contributed by atoms with E-state index < -0.39 is 11.2 Å². The number of aromatic nitrogens is 2. The predicted molar refractivity (Wildman–Crippen MR) is 189 cm³/mol. The maximum atomic E-state index is 12.9. The lowest BCUT2D eigenvalue weighted by molar-refractivity contribution is -0.111. The summed E-state index contributed by atoms with van der Waals surface area (Å²) in [5.41, 5.74) is 6.06. The molecule has 244 valence electrons. The Morgan fingerprint density at radius 2 is 1.74 bits per heavy atom. The molecule has 7 nitrogen and oxygen atoms in total. The van der Waals surface area contributed by atoms with Crippen LogP contribution in [0.15, 0.2) is 90.2 Å². The van der Waals surface area contributed by atoms with Crippen LogP contribution in [0.2, 0.25) is 0 Å². The number of benzene rings is 3. The Balaban J connectivity index is 1.33. The molecule has 4 rings (SSSR count). The van der Waals surface area contributed by atoms with Crippen LogP contribution < -0.4 is 10.1 Å². The Bertz CT molecular complexity index is 1530. The Labute approximate surface area is 277 Å². The maximum absolute atomic E-state index is 12.9. The van der Waals surface area contributed by atoms with Crippen molar-refractivity contribution >= 4 is 28.8 Å². The second-order valence-corrected chi connectivity index (χ2v) is 13.1. The Hall–Kier alpha value is -3.85. The highest BCUT2D eigenvalue weighted by atomic mass is 32.2.